The molecule has 2 fully saturated rings. The molecule has 0 aromatic heterocycles. The molecular formula is C9H16N2O3. The molecular weight excluding hydrogens is 184 g/mol. The molecule has 1 aliphatic heterocycles. The molecule has 1 heterocycles. The Morgan fingerprint density at radius 3 is 2.86 bits per heavy atom. The van der Waals surface area contributed by atoms with Gasteiger partial charge < -0.3 is 15.2 Å². The number of ether oxygens (including phenoxy) is 1. The van der Waals surface area contributed by atoms with Crippen LogP contribution in [0.25, 0.3) is 0 Å². The van der Waals surface area contributed by atoms with Crippen molar-refractivity contribution in [3.8, 4) is 0 Å². The molecule has 1 aliphatic carbocycles. The van der Waals surface area contributed by atoms with E-state index in [1.165, 1.54) is 12.8 Å². The Kier molecular flexibility index (Phi) is 2.88. The fourth-order valence-corrected chi connectivity index (χ4v) is 1.79. The lowest BCUT2D eigenvalue weighted by atomic mass is 10.3. The topological polar surface area (TPSA) is 61.8 Å². The van der Waals surface area contributed by atoms with E-state index in [-0.39, 0.29) is 18.8 Å². The highest BCUT2D eigenvalue weighted by Crippen LogP contribution is 2.26. The molecule has 2 rings (SSSR count). The van der Waals surface area contributed by atoms with E-state index in [1.807, 2.05) is 0 Å². The van der Waals surface area contributed by atoms with Crippen LogP contribution in [0.15, 0.2) is 0 Å². The first-order chi connectivity index (χ1) is 6.79. The number of cyclic esters (lactones) is 1. The average Bonchev–Trinajstić information content (AvgIpc) is 2.91. The van der Waals surface area contributed by atoms with Crippen LogP contribution in [0.4, 0.5) is 4.79 Å². The van der Waals surface area contributed by atoms with Gasteiger partial charge in [0.2, 0.25) is 0 Å². The Morgan fingerprint density at radius 2 is 2.36 bits per heavy atom. The van der Waals surface area contributed by atoms with Crippen molar-refractivity contribution < 1.29 is 14.6 Å². The van der Waals surface area contributed by atoms with Crippen molar-refractivity contribution in [2.75, 3.05) is 26.2 Å². The molecule has 80 valence electrons. The van der Waals surface area contributed by atoms with E-state index in [0.29, 0.717) is 19.1 Å². The summed E-state index contributed by atoms with van der Waals surface area (Å²) in [6.45, 7) is 2.18. The van der Waals surface area contributed by atoms with Gasteiger partial charge in [-0.2, -0.15) is 0 Å². The molecule has 5 nitrogen and oxygen atoms in total. The highest BCUT2D eigenvalue weighted by Gasteiger charge is 2.32. The second-order valence-electron chi connectivity index (χ2n) is 3.86. The third kappa shape index (κ3) is 2.36. The number of hydrogen-bond donors (Lipinski definition) is 2. The van der Waals surface area contributed by atoms with Gasteiger partial charge in [-0.1, -0.05) is 0 Å². The zero-order valence-electron chi connectivity index (χ0n) is 8.11. The van der Waals surface area contributed by atoms with E-state index >= 15 is 0 Å². The molecule has 0 aromatic rings. The van der Waals surface area contributed by atoms with Crippen LogP contribution in [-0.2, 0) is 4.74 Å². The maximum Gasteiger partial charge on any atom is 0.407 e. The number of nitrogens with one attached hydrogen (secondary N) is 1. The molecule has 0 radical (unpaired) electrons. The number of rotatable bonds is 5. The largest absolute Gasteiger partial charge is 0.443 e. The Hall–Kier alpha value is -0.810. The van der Waals surface area contributed by atoms with Gasteiger partial charge in [-0.15, -0.1) is 0 Å². The number of carbonyl (C=O) groups excluding carboxylic acids is 1. The number of aliphatic hydroxyl groups excluding tert-OH is 1. The highest BCUT2D eigenvalue weighted by molar-refractivity contribution is 5.69. The van der Waals surface area contributed by atoms with Crippen LogP contribution in [0.5, 0.6) is 0 Å². The van der Waals surface area contributed by atoms with Gasteiger partial charge >= 0.3 is 6.09 Å². The first-order valence-electron chi connectivity index (χ1n) is 5.09. The van der Waals surface area contributed by atoms with Gasteiger partial charge in [0.25, 0.3) is 0 Å². The first-order valence-corrected chi connectivity index (χ1v) is 5.09. The summed E-state index contributed by atoms with van der Waals surface area (Å²) in [4.78, 5) is 13.0. The van der Waals surface area contributed by atoms with Crippen molar-refractivity contribution in [2.45, 2.75) is 25.0 Å². The zero-order chi connectivity index (χ0) is 9.97. The lowest BCUT2D eigenvalue weighted by molar-refractivity contribution is 0.0960. The number of nitrogens with zero attached hydrogens (tertiary/aromatic N) is 1. The fraction of sp³-hybridized carbons (Fsp3) is 0.889. The fourth-order valence-electron chi connectivity index (χ4n) is 1.79. The summed E-state index contributed by atoms with van der Waals surface area (Å²) in [5.41, 5.74) is 0. The van der Waals surface area contributed by atoms with Gasteiger partial charge in [0.05, 0.1) is 13.2 Å². The first kappa shape index (κ1) is 9.73. The molecule has 1 unspecified atom stereocenters. The van der Waals surface area contributed by atoms with Gasteiger partial charge in [0.15, 0.2) is 0 Å². The van der Waals surface area contributed by atoms with E-state index in [2.05, 4.69) is 10.2 Å². The summed E-state index contributed by atoms with van der Waals surface area (Å²) in [6, 6.07) is 0.599. The van der Waals surface area contributed by atoms with Crippen LogP contribution in [-0.4, -0.2) is 54.5 Å². The maximum absolute atomic E-state index is 10.8. The van der Waals surface area contributed by atoms with Crippen molar-refractivity contribution in [2.24, 2.45) is 0 Å². The van der Waals surface area contributed by atoms with Crippen molar-refractivity contribution in [1.29, 1.82) is 0 Å². The van der Waals surface area contributed by atoms with E-state index in [1.54, 1.807) is 0 Å². The van der Waals surface area contributed by atoms with Crippen LogP contribution in [0, 0.1) is 0 Å². The maximum atomic E-state index is 10.8. The predicted octanol–water partition coefficient (Wildman–Crippen LogP) is -0.449. The number of aliphatic hydroxyl groups is 1. The Balaban J connectivity index is 1.78. The molecule has 1 atom stereocenters. The summed E-state index contributed by atoms with van der Waals surface area (Å²) in [7, 11) is 0. The van der Waals surface area contributed by atoms with Gasteiger partial charge in [0, 0.05) is 19.1 Å². The summed E-state index contributed by atoms with van der Waals surface area (Å²) < 4.78 is 5.04. The van der Waals surface area contributed by atoms with Crippen LogP contribution in [0.1, 0.15) is 12.8 Å². The molecule has 1 saturated carbocycles. The van der Waals surface area contributed by atoms with Crippen molar-refractivity contribution in [3.05, 3.63) is 0 Å². The molecule has 0 bridgehead atoms. The standard InChI is InChI=1S/C9H16N2O3/c12-4-3-11(7-1-2-7)6-8-5-10-9(13)14-8/h7-8,12H,1-6H2,(H,10,13). The van der Waals surface area contributed by atoms with Crippen LogP contribution in [0.3, 0.4) is 0 Å². The number of hydrogen-bond acceptors (Lipinski definition) is 4. The molecule has 0 aromatic carbocycles. The summed E-state index contributed by atoms with van der Waals surface area (Å²) in [6.07, 6.45) is 2.03. The number of amides is 1. The lowest BCUT2D eigenvalue weighted by Gasteiger charge is -2.22. The van der Waals surface area contributed by atoms with E-state index in [0.717, 1.165) is 6.54 Å². The van der Waals surface area contributed by atoms with Crippen LogP contribution in [0.2, 0.25) is 0 Å². The quantitative estimate of drug-likeness (QED) is 0.631. The highest BCUT2D eigenvalue weighted by atomic mass is 16.6. The summed E-state index contributed by atoms with van der Waals surface area (Å²) in [5, 5.41) is 11.5. The third-order valence-corrected chi connectivity index (χ3v) is 2.64. The minimum Gasteiger partial charge on any atom is -0.443 e. The number of alkyl carbamates (subject to hydrolysis) is 1. The Labute approximate surface area is 83.0 Å². The Bertz CT molecular complexity index is 218. The third-order valence-electron chi connectivity index (χ3n) is 2.64. The van der Waals surface area contributed by atoms with Crippen molar-refractivity contribution in [1.82, 2.24) is 10.2 Å². The summed E-state index contributed by atoms with van der Waals surface area (Å²) >= 11 is 0. The molecule has 2 aliphatic rings. The van der Waals surface area contributed by atoms with E-state index in [4.69, 9.17) is 9.84 Å². The van der Waals surface area contributed by atoms with Crippen LogP contribution < -0.4 is 5.32 Å². The smallest absolute Gasteiger partial charge is 0.407 e. The van der Waals surface area contributed by atoms with Gasteiger partial charge in [-0.3, -0.25) is 4.90 Å². The number of carbonyl (C=O) groups is 1. The normalized spacial score (nSPS) is 26.4. The van der Waals surface area contributed by atoms with Crippen molar-refractivity contribution in [3.63, 3.8) is 0 Å². The van der Waals surface area contributed by atoms with E-state index < -0.39 is 0 Å². The molecule has 1 amide bonds. The van der Waals surface area contributed by atoms with E-state index in [9.17, 15) is 4.79 Å². The van der Waals surface area contributed by atoms with Crippen molar-refractivity contribution >= 4 is 6.09 Å². The second-order valence-corrected chi connectivity index (χ2v) is 3.86. The minimum absolute atomic E-state index is 0.0466. The lowest BCUT2D eigenvalue weighted by Crippen LogP contribution is -2.37. The summed E-state index contributed by atoms with van der Waals surface area (Å²) in [5.74, 6) is 0. The predicted molar refractivity (Wildman–Crippen MR) is 50.0 cm³/mol. The molecule has 5 heteroatoms. The van der Waals surface area contributed by atoms with Gasteiger partial charge in [-0.25, -0.2) is 4.79 Å². The molecule has 0 spiro atoms. The average molecular weight is 200 g/mol. The molecule has 14 heavy (non-hydrogen) atoms. The molecule has 2 N–H and O–H groups in total. The monoisotopic (exact) mass is 200 g/mol. The minimum atomic E-state index is -0.324. The van der Waals surface area contributed by atoms with Gasteiger partial charge in [0.1, 0.15) is 6.10 Å². The molecule has 1 saturated heterocycles. The Morgan fingerprint density at radius 1 is 1.57 bits per heavy atom. The van der Waals surface area contributed by atoms with Gasteiger partial charge in [-0.05, 0) is 12.8 Å². The zero-order valence-corrected chi connectivity index (χ0v) is 8.11. The SMILES string of the molecule is O=C1NCC(CN(CCO)C2CC2)O1. The van der Waals surface area contributed by atoms with Crippen LogP contribution >= 0.6 is 0 Å². The second kappa shape index (κ2) is 4.14.